The van der Waals surface area contributed by atoms with Gasteiger partial charge in [0.05, 0.1) is 0 Å². The Labute approximate surface area is 162 Å². The maximum atomic E-state index is 12.4. The lowest BCUT2D eigenvalue weighted by Gasteiger charge is -2.39. The smallest absolute Gasteiger partial charge is 0.315 e. The number of carbonyl (C=O) groups is 2. The van der Waals surface area contributed by atoms with E-state index in [0.29, 0.717) is 19.8 Å². The van der Waals surface area contributed by atoms with Gasteiger partial charge in [0.15, 0.2) is 0 Å². The van der Waals surface area contributed by atoms with Crippen molar-refractivity contribution in [2.75, 3.05) is 19.8 Å². The fraction of sp³-hybridized carbons (Fsp3) is 0.619. The van der Waals surface area contributed by atoms with Crippen LogP contribution in [0.1, 0.15) is 51.2 Å². The number of benzene rings is 1. The predicted octanol–water partition coefficient (Wildman–Crippen LogP) is 2.65. The highest BCUT2D eigenvalue weighted by Gasteiger charge is 2.36. The minimum Gasteiger partial charge on any atom is -0.381 e. The number of aryl methyl sites for hydroxylation is 1. The predicted molar refractivity (Wildman–Crippen MR) is 107 cm³/mol. The van der Waals surface area contributed by atoms with Gasteiger partial charge in [0.1, 0.15) is 6.04 Å². The van der Waals surface area contributed by atoms with Crippen LogP contribution in [0.5, 0.6) is 0 Å². The molecule has 2 rings (SSSR count). The summed E-state index contributed by atoms with van der Waals surface area (Å²) in [6.07, 6.45) is 2.58. The van der Waals surface area contributed by atoms with E-state index < -0.39 is 6.04 Å². The van der Waals surface area contributed by atoms with Crippen molar-refractivity contribution in [3.63, 3.8) is 0 Å². The van der Waals surface area contributed by atoms with Crippen molar-refractivity contribution in [3.05, 3.63) is 35.4 Å². The Bertz CT molecular complexity index is 641. The second-order valence-electron chi connectivity index (χ2n) is 7.57. The van der Waals surface area contributed by atoms with Crippen molar-refractivity contribution in [3.8, 4) is 0 Å². The van der Waals surface area contributed by atoms with Crippen LogP contribution in [0.15, 0.2) is 24.3 Å². The van der Waals surface area contributed by atoms with E-state index in [2.05, 4.69) is 35.0 Å². The molecular formula is C21H33N3O3. The molecule has 1 aromatic carbocycles. The molecule has 0 aliphatic carbocycles. The maximum absolute atomic E-state index is 12.4. The zero-order valence-corrected chi connectivity index (χ0v) is 16.9. The number of ether oxygens (including phenoxy) is 1. The molecule has 150 valence electrons. The van der Waals surface area contributed by atoms with Crippen LogP contribution in [0.2, 0.25) is 0 Å². The Morgan fingerprint density at radius 2 is 1.81 bits per heavy atom. The van der Waals surface area contributed by atoms with Gasteiger partial charge in [0.25, 0.3) is 0 Å². The minimum atomic E-state index is -0.580. The molecule has 27 heavy (non-hydrogen) atoms. The van der Waals surface area contributed by atoms with Gasteiger partial charge in [-0.15, -0.1) is 0 Å². The highest BCUT2D eigenvalue weighted by Crippen LogP contribution is 2.36. The van der Waals surface area contributed by atoms with Gasteiger partial charge in [-0.1, -0.05) is 31.2 Å². The van der Waals surface area contributed by atoms with E-state index in [1.807, 2.05) is 26.0 Å². The van der Waals surface area contributed by atoms with E-state index in [1.165, 1.54) is 11.1 Å². The number of carbonyl (C=O) groups excluding carboxylic acids is 2. The zero-order valence-electron chi connectivity index (χ0n) is 16.9. The Kier molecular flexibility index (Phi) is 7.66. The van der Waals surface area contributed by atoms with Crippen molar-refractivity contribution in [1.82, 2.24) is 16.0 Å². The van der Waals surface area contributed by atoms with Crippen LogP contribution < -0.4 is 16.0 Å². The van der Waals surface area contributed by atoms with Crippen LogP contribution in [0.4, 0.5) is 4.79 Å². The molecule has 2 atom stereocenters. The molecule has 1 heterocycles. The number of nitrogens with one attached hydrogen (secondary N) is 3. The first-order valence-corrected chi connectivity index (χ1v) is 9.86. The van der Waals surface area contributed by atoms with Crippen molar-refractivity contribution < 1.29 is 14.3 Å². The summed E-state index contributed by atoms with van der Waals surface area (Å²) < 4.78 is 5.56. The summed E-state index contributed by atoms with van der Waals surface area (Å²) >= 11 is 0. The molecule has 0 bridgehead atoms. The lowest BCUT2D eigenvalue weighted by molar-refractivity contribution is -0.123. The lowest BCUT2D eigenvalue weighted by atomic mass is 9.72. The molecule has 0 aromatic heterocycles. The monoisotopic (exact) mass is 375 g/mol. The first-order valence-electron chi connectivity index (χ1n) is 9.86. The first-order chi connectivity index (χ1) is 12.9. The Morgan fingerprint density at radius 3 is 2.44 bits per heavy atom. The largest absolute Gasteiger partial charge is 0.381 e. The minimum absolute atomic E-state index is 0.0939. The van der Waals surface area contributed by atoms with Crippen LogP contribution in [-0.4, -0.2) is 43.8 Å². The molecule has 1 fully saturated rings. The number of rotatable bonds is 7. The van der Waals surface area contributed by atoms with Crippen LogP contribution in [-0.2, 0) is 14.9 Å². The summed E-state index contributed by atoms with van der Waals surface area (Å²) in [5.74, 6) is -0.167. The molecule has 3 N–H and O–H groups in total. The highest BCUT2D eigenvalue weighted by atomic mass is 16.5. The lowest BCUT2D eigenvalue weighted by Crippen LogP contribution is -2.53. The van der Waals surface area contributed by atoms with Gasteiger partial charge in [-0.3, -0.25) is 4.79 Å². The molecule has 6 nitrogen and oxygen atoms in total. The Morgan fingerprint density at radius 1 is 1.15 bits per heavy atom. The molecule has 1 saturated heterocycles. The number of hydrogen-bond acceptors (Lipinski definition) is 3. The second-order valence-corrected chi connectivity index (χ2v) is 7.57. The average molecular weight is 376 g/mol. The summed E-state index contributed by atoms with van der Waals surface area (Å²) in [5.41, 5.74) is 2.35. The molecule has 0 unspecified atom stereocenters. The summed E-state index contributed by atoms with van der Waals surface area (Å²) in [6, 6.07) is 7.52. The van der Waals surface area contributed by atoms with E-state index in [9.17, 15) is 9.59 Å². The number of hydrogen-bond donors (Lipinski definition) is 3. The average Bonchev–Trinajstić information content (AvgIpc) is 2.67. The molecule has 3 amide bonds. The summed E-state index contributed by atoms with van der Waals surface area (Å²) in [5, 5.41) is 8.61. The number of urea groups is 1. The van der Waals surface area contributed by atoms with Crippen LogP contribution in [0.3, 0.4) is 0 Å². The van der Waals surface area contributed by atoms with Gasteiger partial charge in [-0.2, -0.15) is 0 Å². The fourth-order valence-electron chi connectivity index (χ4n) is 3.50. The number of amides is 3. The highest BCUT2D eigenvalue weighted by molar-refractivity contribution is 5.86. The van der Waals surface area contributed by atoms with E-state index in [-0.39, 0.29) is 23.4 Å². The molecule has 1 aliphatic heterocycles. The van der Waals surface area contributed by atoms with Crippen LogP contribution in [0, 0.1) is 6.92 Å². The van der Waals surface area contributed by atoms with E-state index in [4.69, 9.17) is 4.74 Å². The van der Waals surface area contributed by atoms with Crippen molar-refractivity contribution >= 4 is 11.9 Å². The molecule has 0 radical (unpaired) electrons. The standard InChI is InChI=1S/C21H33N3O3/c1-5-16(3)23-19(25)17(4)24-20(26)22-14-21(10-12-27-13-11-21)18-9-7-6-8-15(18)2/h6-9,16-17H,5,10-14H2,1-4H3,(H,23,25)(H2,22,24,26)/t16-,17-/m0/s1. The van der Waals surface area contributed by atoms with E-state index in [0.717, 1.165) is 19.3 Å². The summed E-state index contributed by atoms with van der Waals surface area (Å²) in [7, 11) is 0. The second kappa shape index (κ2) is 9.74. The van der Waals surface area contributed by atoms with Gasteiger partial charge in [-0.05, 0) is 51.2 Å². The third-order valence-electron chi connectivity index (χ3n) is 5.50. The van der Waals surface area contributed by atoms with Gasteiger partial charge < -0.3 is 20.7 Å². The van der Waals surface area contributed by atoms with Crippen molar-refractivity contribution in [2.45, 2.75) is 64.5 Å². The molecule has 0 spiro atoms. The van der Waals surface area contributed by atoms with Gasteiger partial charge in [0.2, 0.25) is 5.91 Å². The van der Waals surface area contributed by atoms with Crippen LogP contribution in [0.25, 0.3) is 0 Å². The SMILES string of the molecule is CC[C@H](C)NC(=O)[C@H](C)NC(=O)NCC1(c2ccccc2C)CCOCC1. The molecule has 6 heteroatoms. The molecule has 0 saturated carbocycles. The molecule has 1 aromatic rings. The van der Waals surface area contributed by atoms with E-state index >= 15 is 0 Å². The topological polar surface area (TPSA) is 79.5 Å². The zero-order chi connectivity index (χ0) is 19.9. The fourth-order valence-corrected chi connectivity index (χ4v) is 3.50. The quantitative estimate of drug-likeness (QED) is 0.685. The molecular weight excluding hydrogens is 342 g/mol. The Hall–Kier alpha value is -2.08. The third kappa shape index (κ3) is 5.70. The van der Waals surface area contributed by atoms with Crippen LogP contribution >= 0.6 is 0 Å². The summed E-state index contributed by atoms with van der Waals surface area (Å²) in [4.78, 5) is 24.5. The van der Waals surface area contributed by atoms with Gasteiger partial charge in [-0.25, -0.2) is 4.79 Å². The van der Waals surface area contributed by atoms with Gasteiger partial charge >= 0.3 is 6.03 Å². The third-order valence-corrected chi connectivity index (χ3v) is 5.50. The summed E-state index contributed by atoms with van der Waals surface area (Å²) in [6.45, 7) is 9.65. The van der Waals surface area contributed by atoms with E-state index in [1.54, 1.807) is 6.92 Å². The molecule has 1 aliphatic rings. The van der Waals surface area contributed by atoms with Gasteiger partial charge in [0, 0.05) is 31.2 Å². The van der Waals surface area contributed by atoms with Crippen molar-refractivity contribution in [1.29, 1.82) is 0 Å². The first kappa shape index (κ1) is 21.2. The van der Waals surface area contributed by atoms with Crippen molar-refractivity contribution in [2.24, 2.45) is 0 Å². The normalized spacial score (nSPS) is 18.2. The Balaban J connectivity index is 1.98. The maximum Gasteiger partial charge on any atom is 0.315 e.